The Hall–Kier alpha value is -3.16. The highest BCUT2D eigenvalue weighted by Gasteiger charge is 2.10. The molecule has 7 nitrogen and oxygen atoms in total. The molecule has 0 saturated carbocycles. The lowest BCUT2D eigenvalue weighted by Crippen LogP contribution is -2.24. The highest BCUT2D eigenvalue weighted by molar-refractivity contribution is 5.92. The molecule has 0 radical (unpaired) electrons. The van der Waals surface area contributed by atoms with E-state index in [-0.39, 0.29) is 18.5 Å². The number of hydrogen-bond donors (Lipinski definition) is 1. The fourth-order valence-electron chi connectivity index (χ4n) is 2.06. The number of aromatic nitrogens is 4. The van der Waals surface area contributed by atoms with Gasteiger partial charge in [-0.2, -0.15) is 10.2 Å². The Morgan fingerprint density at radius 3 is 2.75 bits per heavy atom. The van der Waals surface area contributed by atoms with Gasteiger partial charge in [0.25, 0.3) is 5.91 Å². The SMILES string of the molecule is Cn1nccc1CNC(=O)c1ccn(COc2ccc(F)cc2)n1. The Labute approximate surface area is 137 Å². The molecule has 0 aliphatic heterocycles. The van der Waals surface area contributed by atoms with Crippen molar-refractivity contribution in [2.75, 3.05) is 0 Å². The molecule has 0 bridgehead atoms. The molecule has 0 saturated heterocycles. The average Bonchev–Trinajstić information content (AvgIpc) is 3.21. The number of carbonyl (C=O) groups is 1. The van der Waals surface area contributed by atoms with Gasteiger partial charge in [0.2, 0.25) is 0 Å². The molecule has 0 fully saturated rings. The Kier molecular flexibility index (Phi) is 4.55. The molecule has 1 aromatic carbocycles. The summed E-state index contributed by atoms with van der Waals surface area (Å²) in [6, 6.07) is 9.12. The summed E-state index contributed by atoms with van der Waals surface area (Å²) in [5, 5.41) is 11.0. The largest absolute Gasteiger partial charge is 0.471 e. The third-order valence-electron chi connectivity index (χ3n) is 3.40. The number of halogens is 1. The van der Waals surface area contributed by atoms with Crippen LogP contribution in [-0.2, 0) is 20.3 Å². The number of nitrogens with zero attached hydrogens (tertiary/aromatic N) is 4. The summed E-state index contributed by atoms with van der Waals surface area (Å²) in [4.78, 5) is 12.1. The average molecular weight is 329 g/mol. The van der Waals surface area contributed by atoms with E-state index in [0.717, 1.165) is 5.69 Å². The lowest BCUT2D eigenvalue weighted by Gasteiger charge is -2.06. The zero-order valence-corrected chi connectivity index (χ0v) is 13.0. The predicted molar refractivity (Wildman–Crippen MR) is 83.6 cm³/mol. The van der Waals surface area contributed by atoms with Crippen LogP contribution in [0.2, 0.25) is 0 Å². The molecule has 0 aliphatic carbocycles. The van der Waals surface area contributed by atoms with Gasteiger partial charge in [-0.15, -0.1) is 0 Å². The van der Waals surface area contributed by atoms with E-state index < -0.39 is 0 Å². The van der Waals surface area contributed by atoms with Crippen LogP contribution in [0.5, 0.6) is 5.75 Å². The maximum Gasteiger partial charge on any atom is 0.272 e. The van der Waals surface area contributed by atoms with Crippen LogP contribution in [0.3, 0.4) is 0 Å². The van der Waals surface area contributed by atoms with E-state index in [0.29, 0.717) is 18.0 Å². The Morgan fingerprint density at radius 2 is 2.04 bits per heavy atom. The number of ether oxygens (including phenoxy) is 1. The quantitative estimate of drug-likeness (QED) is 0.747. The van der Waals surface area contributed by atoms with Crippen molar-refractivity contribution in [3.05, 3.63) is 66.0 Å². The van der Waals surface area contributed by atoms with Gasteiger partial charge in [-0.05, 0) is 36.4 Å². The standard InChI is InChI=1S/C16H16FN5O2/c1-21-13(6-8-19-21)10-18-16(23)15-7-9-22(20-15)11-24-14-4-2-12(17)3-5-14/h2-9H,10-11H2,1H3,(H,18,23). The molecule has 3 aromatic rings. The third-order valence-corrected chi connectivity index (χ3v) is 3.40. The van der Waals surface area contributed by atoms with E-state index in [1.807, 2.05) is 13.1 Å². The first kappa shape index (κ1) is 15.7. The number of rotatable bonds is 6. The van der Waals surface area contributed by atoms with E-state index in [1.165, 1.54) is 28.9 Å². The number of carbonyl (C=O) groups excluding carboxylic acids is 1. The number of hydrogen-bond acceptors (Lipinski definition) is 4. The summed E-state index contributed by atoms with van der Waals surface area (Å²) >= 11 is 0. The minimum atomic E-state index is -0.325. The van der Waals surface area contributed by atoms with Crippen molar-refractivity contribution in [3.8, 4) is 5.75 Å². The maximum absolute atomic E-state index is 12.8. The molecule has 24 heavy (non-hydrogen) atoms. The van der Waals surface area contributed by atoms with Crippen molar-refractivity contribution in [2.24, 2.45) is 7.05 Å². The minimum absolute atomic E-state index is 0.126. The molecule has 1 N–H and O–H groups in total. The highest BCUT2D eigenvalue weighted by atomic mass is 19.1. The van der Waals surface area contributed by atoms with Gasteiger partial charge in [0.05, 0.1) is 12.2 Å². The summed E-state index contributed by atoms with van der Waals surface area (Å²) < 4.78 is 21.5. The first-order chi connectivity index (χ1) is 11.6. The summed E-state index contributed by atoms with van der Waals surface area (Å²) in [7, 11) is 1.81. The van der Waals surface area contributed by atoms with E-state index in [1.54, 1.807) is 23.1 Å². The zero-order chi connectivity index (χ0) is 16.9. The van der Waals surface area contributed by atoms with Gasteiger partial charge in [0.1, 0.15) is 17.3 Å². The number of nitrogens with one attached hydrogen (secondary N) is 1. The van der Waals surface area contributed by atoms with Gasteiger partial charge in [0, 0.05) is 19.4 Å². The smallest absolute Gasteiger partial charge is 0.272 e. The first-order valence-electron chi connectivity index (χ1n) is 7.29. The van der Waals surface area contributed by atoms with E-state index in [9.17, 15) is 9.18 Å². The van der Waals surface area contributed by atoms with Crippen molar-refractivity contribution in [1.29, 1.82) is 0 Å². The van der Waals surface area contributed by atoms with Gasteiger partial charge < -0.3 is 10.1 Å². The van der Waals surface area contributed by atoms with Crippen molar-refractivity contribution < 1.29 is 13.9 Å². The van der Waals surface area contributed by atoms with Crippen LogP contribution >= 0.6 is 0 Å². The van der Waals surface area contributed by atoms with E-state index in [4.69, 9.17) is 4.74 Å². The fraction of sp³-hybridized carbons (Fsp3) is 0.188. The normalized spacial score (nSPS) is 10.6. The van der Waals surface area contributed by atoms with Gasteiger partial charge in [-0.1, -0.05) is 0 Å². The van der Waals surface area contributed by atoms with Crippen LogP contribution in [-0.4, -0.2) is 25.5 Å². The second kappa shape index (κ2) is 6.95. The lowest BCUT2D eigenvalue weighted by molar-refractivity contribution is 0.0943. The van der Waals surface area contributed by atoms with E-state index in [2.05, 4.69) is 15.5 Å². The van der Waals surface area contributed by atoms with Crippen molar-refractivity contribution >= 4 is 5.91 Å². The van der Waals surface area contributed by atoms with Crippen molar-refractivity contribution in [2.45, 2.75) is 13.3 Å². The number of amides is 1. The summed E-state index contributed by atoms with van der Waals surface area (Å²) in [6.07, 6.45) is 3.31. The van der Waals surface area contributed by atoms with Gasteiger partial charge in [-0.3, -0.25) is 9.48 Å². The topological polar surface area (TPSA) is 74.0 Å². The molecule has 0 aliphatic rings. The van der Waals surface area contributed by atoms with Crippen molar-refractivity contribution in [1.82, 2.24) is 24.9 Å². The molecule has 0 spiro atoms. The summed E-state index contributed by atoms with van der Waals surface area (Å²) in [6.45, 7) is 0.495. The molecule has 2 heterocycles. The monoisotopic (exact) mass is 329 g/mol. The predicted octanol–water partition coefficient (Wildman–Crippen LogP) is 1.72. The van der Waals surface area contributed by atoms with Gasteiger partial charge >= 0.3 is 0 Å². The number of benzene rings is 1. The van der Waals surface area contributed by atoms with Crippen LogP contribution in [0, 0.1) is 5.82 Å². The van der Waals surface area contributed by atoms with E-state index >= 15 is 0 Å². The molecule has 0 unspecified atom stereocenters. The Balaban J connectivity index is 1.53. The molecule has 1 amide bonds. The Morgan fingerprint density at radius 1 is 1.25 bits per heavy atom. The molecule has 0 atom stereocenters. The molecule has 3 rings (SSSR count). The second-order valence-electron chi connectivity index (χ2n) is 5.10. The lowest BCUT2D eigenvalue weighted by atomic mass is 10.3. The van der Waals surface area contributed by atoms with Gasteiger partial charge in [0.15, 0.2) is 6.73 Å². The highest BCUT2D eigenvalue weighted by Crippen LogP contribution is 2.11. The van der Waals surface area contributed by atoms with Crippen LogP contribution < -0.4 is 10.1 Å². The molecular formula is C16H16FN5O2. The summed E-state index contributed by atoms with van der Waals surface area (Å²) in [5.74, 6) is -0.0836. The molecule has 8 heteroatoms. The third kappa shape index (κ3) is 3.78. The van der Waals surface area contributed by atoms with Gasteiger partial charge in [-0.25, -0.2) is 9.07 Å². The van der Waals surface area contributed by atoms with Crippen LogP contribution in [0.25, 0.3) is 0 Å². The molecule has 124 valence electrons. The summed E-state index contributed by atoms with van der Waals surface area (Å²) in [5.41, 5.74) is 1.18. The minimum Gasteiger partial charge on any atom is -0.471 e. The maximum atomic E-state index is 12.8. The Bertz CT molecular complexity index is 825. The zero-order valence-electron chi connectivity index (χ0n) is 13.0. The molecular weight excluding hydrogens is 313 g/mol. The fourth-order valence-corrected chi connectivity index (χ4v) is 2.06. The van der Waals surface area contributed by atoms with Crippen LogP contribution in [0.15, 0.2) is 48.8 Å². The van der Waals surface area contributed by atoms with Crippen LogP contribution in [0.4, 0.5) is 4.39 Å². The second-order valence-corrected chi connectivity index (χ2v) is 5.10. The number of aryl methyl sites for hydroxylation is 1. The first-order valence-corrected chi connectivity index (χ1v) is 7.29. The van der Waals surface area contributed by atoms with Crippen molar-refractivity contribution in [3.63, 3.8) is 0 Å². The molecule has 2 aromatic heterocycles. The van der Waals surface area contributed by atoms with Crippen LogP contribution in [0.1, 0.15) is 16.2 Å².